The van der Waals surface area contributed by atoms with Crippen molar-refractivity contribution in [2.24, 2.45) is 5.92 Å². The molecule has 1 aromatic carbocycles. The van der Waals surface area contributed by atoms with Gasteiger partial charge in [-0.1, -0.05) is 44.9 Å². The lowest BCUT2D eigenvalue weighted by Crippen LogP contribution is -2.40. The summed E-state index contributed by atoms with van der Waals surface area (Å²) in [5, 5.41) is 3.25. The van der Waals surface area contributed by atoms with Gasteiger partial charge in [-0.2, -0.15) is 0 Å². The van der Waals surface area contributed by atoms with Gasteiger partial charge in [-0.3, -0.25) is 9.59 Å². The van der Waals surface area contributed by atoms with Crippen molar-refractivity contribution in [3.05, 3.63) is 30.3 Å². The Hall–Kier alpha value is -1.68. The van der Waals surface area contributed by atoms with Gasteiger partial charge in [0.2, 0.25) is 5.91 Å². The molecule has 1 fully saturated rings. The molecular weight excluding hydrogens is 252 g/mol. The second-order valence-electron chi connectivity index (χ2n) is 5.25. The van der Waals surface area contributed by atoms with Crippen molar-refractivity contribution in [2.75, 3.05) is 11.4 Å². The molecule has 2 rings (SSSR count). The highest BCUT2D eigenvalue weighted by atomic mass is 16.2. The van der Waals surface area contributed by atoms with Crippen LogP contribution in [0.4, 0.5) is 5.69 Å². The van der Waals surface area contributed by atoms with Gasteiger partial charge in [-0.25, -0.2) is 4.90 Å². The van der Waals surface area contributed by atoms with Crippen LogP contribution in [0.1, 0.15) is 33.1 Å². The van der Waals surface area contributed by atoms with Gasteiger partial charge >= 0.3 is 0 Å². The zero-order valence-corrected chi connectivity index (χ0v) is 12.1. The summed E-state index contributed by atoms with van der Waals surface area (Å²) in [6, 6.07) is 8.75. The molecule has 1 aliphatic rings. The Morgan fingerprint density at radius 2 is 1.85 bits per heavy atom. The fourth-order valence-corrected chi connectivity index (χ4v) is 2.53. The number of nitrogens with one attached hydrogen (secondary N) is 1. The molecule has 20 heavy (non-hydrogen) atoms. The molecule has 1 N–H and O–H groups in total. The first kappa shape index (κ1) is 14.7. The third-order valence-corrected chi connectivity index (χ3v) is 3.97. The smallest absolute Gasteiger partial charge is 0.251 e. The van der Waals surface area contributed by atoms with Crippen LogP contribution in [0.5, 0.6) is 0 Å². The molecule has 0 saturated carbocycles. The van der Waals surface area contributed by atoms with Crippen molar-refractivity contribution in [3.8, 4) is 0 Å². The molecule has 1 saturated heterocycles. The molecule has 1 unspecified atom stereocenters. The molecule has 0 aliphatic carbocycles. The van der Waals surface area contributed by atoms with Crippen molar-refractivity contribution in [3.63, 3.8) is 0 Å². The number of nitrogens with zero attached hydrogens (tertiary/aromatic N) is 1. The predicted molar refractivity (Wildman–Crippen MR) is 79.4 cm³/mol. The van der Waals surface area contributed by atoms with E-state index >= 15 is 0 Å². The van der Waals surface area contributed by atoms with E-state index in [2.05, 4.69) is 19.2 Å². The van der Waals surface area contributed by atoms with Gasteiger partial charge in [0.05, 0.1) is 18.2 Å². The predicted octanol–water partition coefficient (Wildman–Crippen LogP) is 2.34. The van der Waals surface area contributed by atoms with Gasteiger partial charge < -0.3 is 5.32 Å². The first-order valence-corrected chi connectivity index (χ1v) is 7.32. The van der Waals surface area contributed by atoms with Gasteiger partial charge in [0.25, 0.3) is 5.91 Å². The standard InChI is InChI=1S/C16H22N2O2/c1-3-12(4-2)11-17-14-10-15(19)18(16(14)20)13-8-6-5-7-9-13/h5-9,12,14,17H,3-4,10-11H2,1-2H3. The third kappa shape index (κ3) is 3.07. The molecule has 0 radical (unpaired) electrons. The summed E-state index contributed by atoms with van der Waals surface area (Å²) < 4.78 is 0. The molecular formula is C16H22N2O2. The van der Waals surface area contributed by atoms with E-state index in [9.17, 15) is 9.59 Å². The summed E-state index contributed by atoms with van der Waals surface area (Å²) in [6.07, 6.45) is 2.43. The highest BCUT2D eigenvalue weighted by molar-refractivity contribution is 6.22. The van der Waals surface area contributed by atoms with E-state index < -0.39 is 0 Å². The maximum absolute atomic E-state index is 12.3. The molecule has 1 atom stereocenters. The zero-order valence-electron chi connectivity index (χ0n) is 12.1. The number of carbonyl (C=O) groups excluding carboxylic acids is 2. The first-order chi connectivity index (χ1) is 9.67. The lowest BCUT2D eigenvalue weighted by Gasteiger charge is -2.18. The lowest BCUT2D eigenvalue weighted by atomic mass is 10.0. The number of anilines is 1. The van der Waals surface area contributed by atoms with E-state index in [0.29, 0.717) is 11.6 Å². The van der Waals surface area contributed by atoms with Crippen LogP contribution in [0, 0.1) is 5.92 Å². The summed E-state index contributed by atoms with van der Waals surface area (Å²) in [7, 11) is 0. The molecule has 4 nitrogen and oxygen atoms in total. The monoisotopic (exact) mass is 274 g/mol. The summed E-state index contributed by atoms with van der Waals surface area (Å²) in [5.74, 6) is 0.305. The summed E-state index contributed by atoms with van der Waals surface area (Å²) >= 11 is 0. The van der Waals surface area contributed by atoms with Gasteiger partial charge in [-0.15, -0.1) is 0 Å². The Balaban J connectivity index is 2.02. The Labute approximate surface area is 120 Å². The minimum Gasteiger partial charge on any atom is -0.305 e. The van der Waals surface area contributed by atoms with Gasteiger partial charge in [0.15, 0.2) is 0 Å². The highest BCUT2D eigenvalue weighted by Crippen LogP contribution is 2.22. The Morgan fingerprint density at radius 1 is 1.20 bits per heavy atom. The van der Waals surface area contributed by atoms with E-state index in [4.69, 9.17) is 0 Å². The van der Waals surface area contributed by atoms with Crippen molar-refractivity contribution >= 4 is 17.5 Å². The Morgan fingerprint density at radius 3 is 2.45 bits per heavy atom. The number of para-hydroxylation sites is 1. The fourth-order valence-electron chi connectivity index (χ4n) is 2.53. The van der Waals surface area contributed by atoms with Crippen LogP contribution in [0.25, 0.3) is 0 Å². The summed E-state index contributed by atoms with van der Waals surface area (Å²) in [6.45, 7) is 5.08. The van der Waals surface area contributed by atoms with Gasteiger partial charge in [0, 0.05) is 0 Å². The largest absolute Gasteiger partial charge is 0.305 e. The van der Waals surface area contributed by atoms with Gasteiger partial charge in [0.1, 0.15) is 0 Å². The minimum absolute atomic E-state index is 0.122. The molecule has 0 bridgehead atoms. The van der Waals surface area contributed by atoms with Crippen LogP contribution in [-0.4, -0.2) is 24.4 Å². The average Bonchev–Trinajstić information content (AvgIpc) is 2.75. The van der Waals surface area contributed by atoms with Crippen LogP contribution in [0.2, 0.25) is 0 Å². The van der Waals surface area contributed by atoms with Crippen LogP contribution in [-0.2, 0) is 9.59 Å². The molecule has 0 aromatic heterocycles. The molecule has 0 spiro atoms. The molecule has 4 heteroatoms. The Bertz CT molecular complexity index is 469. The molecule has 108 valence electrons. The fraction of sp³-hybridized carbons (Fsp3) is 0.500. The van der Waals surface area contributed by atoms with E-state index in [1.54, 1.807) is 12.1 Å². The quantitative estimate of drug-likeness (QED) is 0.810. The number of hydrogen-bond acceptors (Lipinski definition) is 3. The van der Waals surface area contributed by atoms with E-state index in [1.165, 1.54) is 4.90 Å². The SMILES string of the molecule is CCC(CC)CNC1CC(=O)N(c2ccccc2)C1=O. The van der Waals surface area contributed by atoms with Crippen molar-refractivity contribution in [1.29, 1.82) is 0 Å². The number of amides is 2. The van der Waals surface area contributed by atoms with Crippen LogP contribution >= 0.6 is 0 Å². The van der Waals surface area contributed by atoms with Crippen LogP contribution < -0.4 is 10.2 Å². The number of imide groups is 1. The van der Waals surface area contributed by atoms with E-state index in [-0.39, 0.29) is 24.3 Å². The topological polar surface area (TPSA) is 49.4 Å². The normalized spacial score (nSPS) is 19.1. The Kier molecular flexibility index (Phi) is 4.90. The second-order valence-corrected chi connectivity index (χ2v) is 5.25. The van der Waals surface area contributed by atoms with Crippen molar-refractivity contribution in [1.82, 2.24) is 5.32 Å². The second kappa shape index (κ2) is 6.66. The number of rotatable bonds is 6. The maximum Gasteiger partial charge on any atom is 0.251 e. The third-order valence-electron chi connectivity index (χ3n) is 3.97. The first-order valence-electron chi connectivity index (χ1n) is 7.32. The van der Waals surface area contributed by atoms with Crippen molar-refractivity contribution < 1.29 is 9.59 Å². The molecule has 1 heterocycles. The van der Waals surface area contributed by atoms with E-state index in [1.807, 2.05) is 18.2 Å². The molecule has 2 amide bonds. The van der Waals surface area contributed by atoms with Crippen molar-refractivity contribution in [2.45, 2.75) is 39.2 Å². The number of hydrogen-bond donors (Lipinski definition) is 1. The maximum atomic E-state index is 12.3. The number of benzene rings is 1. The van der Waals surface area contributed by atoms with E-state index in [0.717, 1.165) is 19.4 Å². The average molecular weight is 274 g/mol. The summed E-state index contributed by atoms with van der Waals surface area (Å²) in [4.78, 5) is 25.7. The lowest BCUT2D eigenvalue weighted by molar-refractivity contribution is -0.121. The van der Waals surface area contributed by atoms with Crippen LogP contribution in [0.3, 0.4) is 0 Å². The zero-order chi connectivity index (χ0) is 14.5. The van der Waals surface area contributed by atoms with Crippen LogP contribution in [0.15, 0.2) is 30.3 Å². The minimum atomic E-state index is -0.372. The summed E-state index contributed by atoms with van der Waals surface area (Å²) in [5.41, 5.74) is 0.661. The number of carbonyl (C=O) groups is 2. The highest BCUT2D eigenvalue weighted by Gasteiger charge is 2.39. The molecule has 1 aromatic rings. The van der Waals surface area contributed by atoms with Gasteiger partial charge in [-0.05, 0) is 24.6 Å². The molecule has 1 aliphatic heterocycles.